The number of ketones is 1. The van der Waals surface area contributed by atoms with Crippen molar-refractivity contribution in [3.05, 3.63) is 34.5 Å². The van der Waals surface area contributed by atoms with E-state index in [2.05, 4.69) is 10.1 Å². The molecule has 27 heavy (non-hydrogen) atoms. The Morgan fingerprint density at radius 2 is 1.85 bits per heavy atom. The predicted octanol–water partition coefficient (Wildman–Crippen LogP) is 3.51. The van der Waals surface area contributed by atoms with Gasteiger partial charge in [-0.25, -0.2) is 0 Å². The van der Waals surface area contributed by atoms with Gasteiger partial charge in [-0.15, -0.1) is 12.4 Å². The average Bonchev–Trinajstić information content (AvgIpc) is 2.67. The van der Waals surface area contributed by atoms with E-state index >= 15 is 0 Å². The Bertz CT molecular complexity index is 834. The fourth-order valence-electron chi connectivity index (χ4n) is 4.74. The summed E-state index contributed by atoms with van der Waals surface area (Å²) in [7, 11) is 3.28. The van der Waals surface area contributed by atoms with Gasteiger partial charge >= 0.3 is 0 Å². The molecule has 0 fully saturated rings. The summed E-state index contributed by atoms with van der Waals surface area (Å²) in [6, 6.07) is 4.12. The second-order valence-corrected chi connectivity index (χ2v) is 7.17. The van der Waals surface area contributed by atoms with Gasteiger partial charge in [0.05, 0.1) is 31.5 Å². The summed E-state index contributed by atoms with van der Waals surface area (Å²) < 4.78 is 11.0. The van der Waals surface area contributed by atoms with Crippen LogP contribution in [0.2, 0.25) is 0 Å². The molecule has 0 spiro atoms. The Labute approximate surface area is 165 Å². The predicted molar refractivity (Wildman–Crippen MR) is 104 cm³/mol. The third kappa shape index (κ3) is 2.87. The van der Waals surface area contributed by atoms with Crippen LogP contribution in [0.15, 0.2) is 28.6 Å². The lowest BCUT2D eigenvalue weighted by molar-refractivity contribution is -0.116. The number of hydrogen-bond acceptors (Lipinski definition) is 6. The van der Waals surface area contributed by atoms with Crippen LogP contribution in [0.4, 0.5) is 0 Å². The highest BCUT2D eigenvalue weighted by Crippen LogP contribution is 2.48. The molecule has 0 radical (unpaired) electrons. The highest BCUT2D eigenvalue weighted by Gasteiger charge is 2.44. The fraction of sp³-hybridized carbons (Fsp3) is 0.500. The number of methoxy groups -OCH3 is 2. The van der Waals surface area contributed by atoms with Crippen molar-refractivity contribution < 1.29 is 19.5 Å². The van der Waals surface area contributed by atoms with E-state index in [-0.39, 0.29) is 30.2 Å². The molecule has 0 aromatic heterocycles. The van der Waals surface area contributed by atoms with Gasteiger partial charge in [0.2, 0.25) is 0 Å². The molecular weight excluding hydrogens is 368 g/mol. The summed E-state index contributed by atoms with van der Waals surface area (Å²) in [6.07, 6.45) is 3.12. The van der Waals surface area contributed by atoms with Crippen molar-refractivity contribution in [3.63, 3.8) is 0 Å². The van der Waals surface area contributed by atoms with E-state index in [1.54, 1.807) is 14.2 Å². The topological polar surface area (TPSA) is 71.4 Å². The molecule has 1 aromatic carbocycles. The molecule has 2 aliphatic heterocycles. The highest BCUT2D eigenvalue weighted by molar-refractivity contribution is 6.24. The summed E-state index contributed by atoms with van der Waals surface area (Å²) in [5.74, 6) is 1.44. The maximum Gasteiger partial charge on any atom is 0.166 e. The Hall–Kier alpha value is -2.21. The number of oxime groups is 1. The molecule has 146 valence electrons. The van der Waals surface area contributed by atoms with Crippen LogP contribution in [-0.4, -0.2) is 42.4 Å². The van der Waals surface area contributed by atoms with Crippen LogP contribution in [0.25, 0.3) is 0 Å². The van der Waals surface area contributed by atoms with Gasteiger partial charge in [-0.3, -0.25) is 4.79 Å². The molecule has 0 unspecified atom stereocenters. The van der Waals surface area contributed by atoms with Gasteiger partial charge in [0.15, 0.2) is 17.3 Å². The number of fused-ring (bicyclic) bond motifs is 4. The lowest BCUT2D eigenvalue weighted by Crippen LogP contribution is -2.47. The number of carbonyl (C=O) groups is 1. The quantitative estimate of drug-likeness (QED) is 0.616. The number of allylic oxidation sites excluding steroid dienone is 2. The second-order valence-electron chi connectivity index (χ2n) is 7.17. The van der Waals surface area contributed by atoms with E-state index < -0.39 is 0 Å². The third-order valence-corrected chi connectivity index (χ3v) is 5.92. The summed E-state index contributed by atoms with van der Waals surface area (Å²) in [5.41, 5.74) is 4.59. The van der Waals surface area contributed by atoms with E-state index in [1.165, 1.54) is 5.56 Å². The van der Waals surface area contributed by atoms with Gasteiger partial charge in [-0.1, -0.05) is 12.1 Å². The Kier molecular flexibility index (Phi) is 5.38. The number of Topliss-reactive ketones (excluding diaryl/α,β-unsaturated/α-hetero) is 1. The number of ether oxygens (including phenoxy) is 2. The molecule has 7 heteroatoms. The molecule has 1 aliphatic carbocycles. The smallest absolute Gasteiger partial charge is 0.166 e. The largest absolute Gasteiger partial charge is 0.493 e. The van der Waals surface area contributed by atoms with Gasteiger partial charge in [0.25, 0.3) is 0 Å². The van der Waals surface area contributed by atoms with Gasteiger partial charge in [-0.05, 0) is 42.5 Å². The molecule has 1 aromatic rings. The average molecular weight is 393 g/mol. The number of benzene rings is 1. The first kappa shape index (κ1) is 19.5. The third-order valence-electron chi connectivity index (χ3n) is 5.92. The Morgan fingerprint density at radius 3 is 2.52 bits per heavy atom. The monoisotopic (exact) mass is 392 g/mol. The van der Waals surface area contributed by atoms with Crippen LogP contribution in [0.5, 0.6) is 11.5 Å². The molecule has 0 saturated heterocycles. The standard InChI is InChI=1S/C20H24N2O4.ClH/c1-11-19(21-24)18-14(5-4-6-15(18)23)22-8-7-12-9-16(25-2)17(26-3)10-13(12)20(11)22;/h9-11,20,24H,4-8H2,1-3H3;1H/t11-,20+;/m0./s1. The van der Waals surface area contributed by atoms with E-state index in [0.29, 0.717) is 23.5 Å². The maximum absolute atomic E-state index is 12.5. The normalized spacial score (nSPS) is 25.4. The van der Waals surface area contributed by atoms with Crippen molar-refractivity contribution in [2.45, 2.75) is 38.6 Å². The van der Waals surface area contributed by atoms with E-state index in [9.17, 15) is 10.0 Å². The molecule has 0 saturated carbocycles. The summed E-state index contributed by atoms with van der Waals surface area (Å²) in [6.45, 7) is 2.88. The fourth-order valence-corrected chi connectivity index (χ4v) is 4.74. The van der Waals surface area contributed by atoms with E-state index in [0.717, 1.165) is 42.8 Å². The molecule has 4 rings (SSSR count). The first-order chi connectivity index (χ1) is 12.6. The van der Waals surface area contributed by atoms with Crippen molar-refractivity contribution in [1.29, 1.82) is 0 Å². The number of halogens is 1. The van der Waals surface area contributed by atoms with E-state index in [1.807, 2.05) is 19.1 Å². The van der Waals surface area contributed by atoms with Gasteiger partial charge < -0.3 is 19.6 Å². The lowest BCUT2D eigenvalue weighted by Gasteiger charge is -2.48. The molecular formula is C20H25ClN2O4. The minimum Gasteiger partial charge on any atom is -0.493 e. The summed E-state index contributed by atoms with van der Waals surface area (Å²) in [4.78, 5) is 14.9. The molecule has 2 atom stereocenters. The zero-order chi connectivity index (χ0) is 18.4. The second kappa shape index (κ2) is 7.43. The highest BCUT2D eigenvalue weighted by atomic mass is 35.5. The van der Waals surface area contributed by atoms with Crippen molar-refractivity contribution in [2.24, 2.45) is 11.1 Å². The Balaban J connectivity index is 0.00000210. The number of rotatable bonds is 2. The van der Waals surface area contributed by atoms with Gasteiger partial charge in [0, 0.05) is 24.6 Å². The lowest BCUT2D eigenvalue weighted by atomic mass is 9.74. The van der Waals surface area contributed by atoms with Gasteiger partial charge in [-0.2, -0.15) is 0 Å². The summed E-state index contributed by atoms with van der Waals surface area (Å²) >= 11 is 0. The molecule has 2 heterocycles. The molecule has 3 aliphatic rings. The van der Waals surface area contributed by atoms with Crippen molar-refractivity contribution in [2.75, 3.05) is 20.8 Å². The molecule has 0 bridgehead atoms. The Morgan fingerprint density at radius 1 is 1.15 bits per heavy atom. The zero-order valence-electron chi connectivity index (χ0n) is 15.8. The van der Waals surface area contributed by atoms with Crippen molar-refractivity contribution in [1.82, 2.24) is 4.90 Å². The first-order valence-electron chi connectivity index (χ1n) is 9.10. The van der Waals surface area contributed by atoms with Crippen LogP contribution < -0.4 is 9.47 Å². The molecule has 0 amide bonds. The molecule has 6 nitrogen and oxygen atoms in total. The minimum atomic E-state index is -0.0852. The minimum absolute atomic E-state index is 0. The maximum atomic E-state index is 12.5. The number of nitrogens with zero attached hydrogens (tertiary/aromatic N) is 2. The van der Waals surface area contributed by atoms with Crippen LogP contribution in [0, 0.1) is 5.92 Å². The van der Waals surface area contributed by atoms with E-state index in [4.69, 9.17) is 9.47 Å². The molecule has 1 N–H and O–H groups in total. The zero-order valence-corrected chi connectivity index (χ0v) is 16.6. The first-order valence-corrected chi connectivity index (χ1v) is 9.10. The van der Waals surface area contributed by atoms with Crippen molar-refractivity contribution in [3.8, 4) is 11.5 Å². The van der Waals surface area contributed by atoms with Crippen LogP contribution in [0.3, 0.4) is 0 Å². The van der Waals surface area contributed by atoms with Crippen LogP contribution in [0.1, 0.15) is 43.4 Å². The number of carbonyl (C=O) groups excluding carboxylic acids is 1. The van der Waals surface area contributed by atoms with Crippen LogP contribution in [-0.2, 0) is 11.2 Å². The SMILES string of the molecule is COc1cc2c(cc1OC)[C@H]1[C@@H](C)C(=NO)C3=C(CCCC3=O)N1CC2.Cl. The summed E-state index contributed by atoms with van der Waals surface area (Å²) in [5, 5.41) is 13.2. The number of hydrogen-bond donors (Lipinski definition) is 1. The van der Waals surface area contributed by atoms with Gasteiger partial charge in [0.1, 0.15) is 0 Å². The van der Waals surface area contributed by atoms with Crippen LogP contribution >= 0.6 is 12.4 Å². The van der Waals surface area contributed by atoms with Crippen molar-refractivity contribution >= 4 is 23.9 Å².